The molecule has 1 aromatic carbocycles. The Morgan fingerprint density at radius 1 is 1.30 bits per heavy atom. The van der Waals surface area contributed by atoms with Crippen molar-refractivity contribution in [2.24, 2.45) is 7.05 Å². The fourth-order valence-corrected chi connectivity index (χ4v) is 4.47. The smallest absolute Gasteiger partial charge is 0.235 e. The summed E-state index contributed by atoms with van der Waals surface area (Å²) in [5.74, 6) is 1.44. The molecule has 0 saturated heterocycles. The first kappa shape index (κ1) is 21.9. The lowest BCUT2D eigenvalue weighted by molar-refractivity contribution is -0.113. The van der Waals surface area contributed by atoms with E-state index in [1.165, 1.54) is 28.7 Å². The molecule has 0 aliphatic carbocycles. The van der Waals surface area contributed by atoms with Gasteiger partial charge in [0.05, 0.1) is 11.3 Å². The number of thiophene rings is 1. The number of hydrogen-bond acceptors (Lipinski definition) is 7. The summed E-state index contributed by atoms with van der Waals surface area (Å²) in [6.45, 7) is 6.23. The molecule has 2 aromatic heterocycles. The highest BCUT2D eigenvalue weighted by molar-refractivity contribution is 7.99. The van der Waals surface area contributed by atoms with E-state index in [1.54, 1.807) is 0 Å². The van der Waals surface area contributed by atoms with E-state index >= 15 is 0 Å². The van der Waals surface area contributed by atoms with Crippen LogP contribution in [0.15, 0.2) is 29.4 Å². The molecule has 1 amide bonds. The number of carbonyl (C=O) groups excluding carboxylic acids is 1. The zero-order valence-corrected chi connectivity index (χ0v) is 19.0. The number of nitrogens with one attached hydrogen (secondary N) is 1. The van der Waals surface area contributed by atoms with Crippen molar-refractivity contribution in [2.75, 3.05) is 11.1 Å². The van der Waals surface area contributed by atoms with E-state index in [2.05, 4.69) is 28.5 Å². The fourth-order valence-electron chi connectivity index (χ4n) is 2.71. The Labute approximate surface area is 184 Å². The molecule has 0 aliphatic rings. The highest BCUT2D eigenvalue weighted by Gasteiger charge is 2.16. The Kier molecular flexibility index (Phi) is 7.13. The lowest BCUT2D eigenvalue weighted by Crippen LogP contribution is -2.14. The molecule has 0 bridgehead atoms. The van der Waals surface area contributed by atoms with Crippen LogP contribution in [-0.2, 0) is 24.9 Å². The van der Waals surface area contributed by atoms with Gasteiger partial charge in [0.15, 0.2) is 11.0 Å². The first-order valence-electron chi connectivity index (χ1n) is 9.45. The van der Waals surface area contributed by atoms with Crippen LogP contribution in [0.1, 0.15) is 34.3 Å². The number of nitrogens with zero attached hydrogens (tertiary/aromatic N) is 4. The number of anilines is 1. The molecule has 0 radical (unpaired) electrons. The lowest BCUT2D eigenvalue weighted by atomic mass is 10.2. The second-order valence-electron chi connectivity index (χ2n) is 6.68. The molecule has 0 saturated carbocycles. The van der Waals surface area contributed by atoms with Crippen molar-refractivity contribution in [3.63, 3.8) is 0 Å². The number of aryl methyl sites for hydroxylation is 2. The van der Waals surface area contributed by atoms with Crippen molar-refractivity contribution in [1.82, 2.24) is 14.8 Å². The molecule has 0 aliphatic heterocycles. The largest absolute Gasteiger partial charge is 0.486 e. The third kappa shape index (κ3) is 5.01. The molecule has 30 heavy (non-hydrogen) atoms. The summed E-state index contributed by atoms with van der Waals surface area (Å²) in [6.07, 6.45) is 0.987. The van der Waals surface area contributed by atoms with E-state index in [0.717, 1.165) is 22.6 Å². The van der Waals surface area contributed by atoms with Crippen LogP contribution in [0, 0.1) is 25.2 Å². The minimum absolute atomic E-state index is 0.173. The van der Waals surface area contributed by atoms with Crippen LogP contribution >= 0.6 is 23.1 Å². The normalized spacial score (nSPS) is 10.6. The van der Waals surface area contributed by atoms with Gasteiger partial charge in [-0.1, -0.05) is 30.8 Å². The van der Waals surface area contributed by atoms with Gasteiger partial charge in [-0.05, 0) is 43.5 Å². The van der Waals surface area contributed by atoms with E-state index < -0.39 is 0 Å². The Balaban J connectivity index is 1.55. The van der Waals surface area contributed by atoms with Gasteiger partial charge in [-0.15, -0.1) is 21.5 Å². The van der Waals surface area contributed by atoms with Crippen LogP contribution in [0.4, 0.5) is 5.00 Å². The number of benzene rings is 1. The first-order valence-corrected chi connectivity index (χ1v) is 11.3. The van der Waals surface area contributed by atoms with Crippen molar-refractivity contribution in [2.45, 2.75) is 39.0 Å². The molecule has 3 rings (SSSR count). The van der Waals surface area contributed by atoms with Crippen molar-refractivity contribution in [3.8, 4) is 11.8 Å². The van der Waals surface area contributed by atoms with Crippen molar-refractivity contribution < 1.29 is 9.53 Å². The number of ether oxygens (including phenoxy) is 1. The van der Waals surface area contributed by atoms with Crippen molar-refractivity contribution in [3.05, 3.63) is 51.7 Å². The van der Waals surface area contributed by atoms with Crippen LogP contribution in [0.2, 0.25) is 0 Å². The van der Waals surface area contributed by atoms with Gasteiger partial charge in [-0.2, -0.15) is 5.26 Å². The van der Waals surface area contributed by atoms with Gasteiger partial charge < -0.3 is 14.6 Å². The van der Waals surface area contributed by atoms with Crippen LogP contribution < -0.4 is 10.1 Å². The predicted octanol–water partition coefficient (Wildman–Crippen LogP) is 4.24. The number of thioether (sulfide) groups is 1. The minimum Gasteiger partial charge on any atom is -0.486 e. The molecule has 1 N–H and O–H groups in total. The summed E-state index contributed by atoms with van der Waals surface area (Å²) in [7, 11) is 1.85. The summed E-state index contributed by atoms with van der Waals surface area (Å²) in [6, 6.07) is 10.1. The molecule has 0 atom stereocenters. The van der Waals surface area contributed by atoms with E-state index in [-0.39, 0.29) is 11.7 Å². The number of amides is 1. The Morgan fingerprint density at radius 2 is 2.03 bits per heavy atom. The van der Waals surface area contributed by atoms with Gasteiger partial charge in [0, 0.05) is 11.9 Å². The molecular weight excluding hydrogens is 418 g/mol. The summed E-state index contributed by atoms with van der Waals surface area (Å²) in [4.78, 5) is 13.4. The number of hydrogen-bond donors (Lipinski definition) is 1. The third-order valence-electron chi connectivity index (χ3n) is 4.71. The minimum atomic E-state index is -0.186. The van der Waals surface area contributed by atoms with Gasteiger partial charge in [-0.3, -0.25) is 4.79 Å². The maximum atomic E-state index is 12.3. The molecular formula is C21H23N5O2S2. The summed E-state index contributed by atoms with van der Waals surface area (Å²) in [5.41, 5.74) is 2.70. The Hall–Kier alpha value is -2.83. The van der Waals surface area contributed by atoms with Gasteiger partial charge in [0.25, 0.3) is 0 Å². The fraction of sp³-hybridized carbons (Fsp3) is 0.333. The molecule has 2 heterocycles. The molecule has 0 unspecified atom stereocenters. The average molecular weight is 442 g/mol. The molecule has 0 fully saturated rings. The summed E-state index contributed by atoms with van der Waals surface area (Å²) in [5, 5.41) is 21.7. The van der Waals surface area contributed by atoms with Gasteiger partial charge >= 0.3 is 0 Å². The van der Waals surface area contributed by atoms with Gasteiger partial charge in [-0.25, -0.2) is 0 Å². The zero-order chi connectivity index (χ0) is 21.7. The molecule has 9 heteroatoms. The number of nitriles is 1. The van der Waals surface area contributed by atoms with E-state index in [0.29, 0.717) is 28.2 Å². The van der Waals surface area contributed by atoms with Crippen LogP contribution in [0.5, 0.6) is 5.75 Å². The Morgan fingerprint density at radius 3 is 2.70 bits per heavy atom. The topological polar surface area (TPSA) is 92.8 Å². The third-order valence-corrected chi connectivity index (χ3v) is 6.85. The van der Waals surface area contributed by atoms with Gasteiger partial charge in [0.2, 0.25) is 5.91 Å². The van der Waals surface area contributed by atoms with E-state index in [9.17, 15) is 10.1 Å². The SMILES string of the molecule is CCc1ccc(OCc2nnc(SCC(=O)Nc3sc(C)c(C)c3C#N)n2C)cc1. The van der Waals surface area contributed by atoms with Crippen LogP contribution in [-0.4, -0.2) is 26.4 Å². The number of aromatic nitrogens is 3. The predicted molar refractivity (Wildman–Crippen MR) is 119 cm³/mol. The van der Waals surface area contributed by atoms with Gasteiger partial charge in [0.1, 0.15) is 23.4 Å². The summed E-state index contributed by atoms with van der Waals surface area (Å²) >= 11 is 2.71. The molecule has 0 spiro atoms. The number of rotatable bonds is 8. The monoisotopic (exact) mass is 441 g/mol. The second-order valence-corrected chi connectivity index (χ2v) is 8.85. The maximum Gasteiger partial charge on any atom is 0.235 e. The standard InChI is InChI=1S/C21H23N5O2S2/c1-5-15-6-8-16(9-7-15)28-11-18-24-25-21(26(18)4)29-12-19(27)23-20-17(10-22)13(2)14(3)30-20/h6-9H,5,11-12H2,1-4H3,(H,23,27). The Bertz CT molecular complexity index is 1080. The highest BCUT2D eigenvalue weighted by atomic mass is 32.2. The second kappa shape index (κ2) is 9.78. The molecule has 7 nitrogen and oxygen atoms in total. The van der Waals surface area contributed by atoms with E-state index in [4.69, 9.17) is 4.74 Å². The molecule has 3 aromatic rings. The van der Waals surface area contributed by atoms with Crippen LogP contribution in [0.25, 0.3) is 0 Å². The highest BCUT2D eigenvalue weighted by Crippen LogP contribution is 2.31. The quantitative estimate of drug-likeness (QED) is 0.526. The first-order chi connectivity index (χ1) is 14.4. The summed E-state index contributed by atoms with van der Waals surface area (Å²) < 4.78 is 7.61. The molecule has 156 valence electrons. The average Bonchev–Trinajstić information content (AvgIpc) is 3.23. The number of carbonyl (C=O) groups is 1. The van der Waals surface area contributed by atoms with E-state index in [1.807, 2.05) is 49.7 Å². The van der Waals surface area contributed by atoms with Crippen molar-refractivity contribution in [1.29, 1.82) is 5.26 Å². The zero-order valence-electron chi connectivity index (χ0n) is 17.4. The van der Waals surface area contributed by atoms with Crippen molar-refractivity contribution >= 4 is 34.0 Å². The lowest BCUT2D eigenvalue weighted by Gasteiger charge is -2.07. The maximum absolute atomic E-state index is 12.3. The van der Waals surface area contributed by atoms with Crippen LogP contribution in [0.3, 0.4) is 0 Å².